The van der Waals surface area contributed by atoms with Crippen molar-refractivity contribution in [3.63, 3.8) is 0 Å². The molecule has 0 heterocycles. The zero-order valence-corrected chi connectivity index (χ0v) is 18.0. The molecule has 0 N–H and O–H groups in total. The average Bonchev–Trinajstić information content (AvgIpc) is 2.61. The van der Waals surface area contributed by atoms with Crippen LogP contribution in [0.5, 0.6) is 11.5 Å². The van der Waals surface area contributed by atoms with E-state index in [-0.39, 0.29) is 6.54 Å². The van der Waals surface area contributed by atoms with Crippen molar-refractivity contribution in [3.8, 4) is 11.5 Å². The fraction of sp³-hybridized carbons (Fsp3) is 0.429. The lowest BCUT2D eigenvalue weighted by Crippen LogP contribution is -2.28. The molecule has 5 nitrogen and oxygen atoms in total. The Kier molecular flexibility index (Phi) is 6.54. The number of aryl methyl sites for hydroxylation is 2. The first-order chi connectivity index (χ1) is 12.6. The number of ether oxygens (including phenoxy) is 2. The van der Waals surface area contributed by atoms with Gasteiger partial charge in [0.2, 0.25) is 10.0 Å². The maximum absolute atomic E-state index is 13.3. The van der Waals surface area contributed by atoms with Crippen LogP contribution in [-0.2, 0) is 16.6 Å². The number of benzene rings is 2. The standard InChI is InChI=1S/C21H29NO4S/c1-8-26-19-10-9-18(12-20(19)25-7)13-22(6)27(23,24)21-16(4)14(2)11-15(3)17(21)5/h9-12H,8,13H2,1-7H3. The van der Waals surface area contributed by atoms with E-state index < -0.39 is 10.0 Å². The van der Waals surface area contributed by atoms with Crippen molar-refractivity contribution in [2.45, 2.75) is 46.1 Å². The Morgan fingerprint density at radius 1 is 0.963 bits per heavy atom. The van der Waals surface area contributed by atoms with E-state index in [1.807, 2.05) is 58.9 Å². The predicted octanol–water partition coefficient (Wildman–Crippen LogP) is 4.15. The van der Waals surface area contributed by atoms with E-state index in [0.29, 0.717) is 23.0 Å². The summed E-state index contributed by atoms with van der Waals surface area (Å²) in [6, 6.07) is 7.52. The molecule has 148 valence electrons. The smallest absolute Gasteiger partial charge is 0.243 e. The van der Waals surface area contributed by atoms with Gasteiger partial charge in [-0.2, -0.15) is 4.31 Å². The first-order valence-corrected chi connectivity index (χ1v) is 10.4. The van der Waals surface area contributed by atoms with Gasteiger partial charge in [-0.15, -0.1) is 0 Å². The van der Waals surface area contributed by atoms with Gasteiger partial charge in [-0.25, -0.2) is 8.42 Å². The van der Waals surface area contributed by atoms with E-state index in [2.05, 4.69) is 0 Å². The van der Waals surface area contributed by atoms with Crippen molar-refractivity contribution in [1.29, 1.82) is 0 Å². The van der Waals surface area contributed by atoms with Crippen LogP contribution in [0.15, 0.2) is 29.2 Å². The molecule has 0 aliphatic rings. The minimum absolute atomic E-state index is 0.247. The minimum atomic E-state index is -3.62. The normalized spacial score (nSPS) is 11.7. The molecular weight excluding hydrogens is 362 g/mol. The summed E-state index contributed by atoms with van der Waals surface area (Å²) in [5, 5.41) is 0. The lowest BCUT2D eigenvalue weighted by Gasteiger charge is -2.22. The van der Waals surface area contributed by atoms with E-state index in [1.165, 1.54) is 4.31 Å². The average molecular weight is 392 g/mol. The molecule has 2 rings (SSSR count). The summed E-state index contributed by atoms with van der Waals surface area (Å²) >= 11 is 0. The van der Waals surface area contributed by atoms with Crippen molar-refractivity contribution >= 4 is 10.0 Å². The molecular formula is C21H29NO4S. The van der Waals surface area contributed by atoms with Gasteiger partial charge in [-0.3, -0.25) is 0 Å². The maximum Gasteiger partial charge on any atom is 0.243 e. The number of rotatable bonds is 7. The Morgan fingerprint density at radius 3 is 2.07 bits per heavy atom. The Morgan fingerprint density at radius 2 is 1.56 bits per heavy atom. The molecule has 0 fully saturated rings. The molecule has 2 aromatic rings. The van der Waals surface area contributed by atoms with Gasteiger partial charge in [-0.05, 0) is 74.6 Å². The van der Waals surface area contributed by atoms with E-state index in [1.54, 1.807) is 14.2 Å². The second-order valence-electron chi connectivity index (χ2n) is 6.77. The van der Waals surface area contributed by atoms with Gasteiger partial charge in [0.25, 0.3) is 0 Å². The lowest BCUT2D eigenvalue weighted by molar-refractivity contribution is 0.310. The zero-order valence-electron chi connectivity index (χ0n) is 17.2. The zero-order chi connectivity index (χ0) is 20.4. The van der Waals surface area contributed by atoms with Crippen LogP contribution in [0.1, 0.15) is 34.7 Å². The van der Waals surface area contributed by atoms with E-state index in [9.17, 15) is 8.42 Å². The Bertz CT molecular complexity index is 909. The molecule has 0 saturated carbocycles. The second kappa shape index (κ2) is 8.31. The molecule has 0 amide bonds. The summed E-state index contributed by atoms with van der Waals surface area (Å²) in [5.41, 5.74) is 4.39. The minimum Gasteiger partial charge on any atom is -0.493 e. The highest BCUT2D eigenvalue weighted by atomic mass is 32.2. The van der Waals surface area contributed by atoms with Gasteiger partial charge >= 0.3 is 0 Å². The van der Waals surface area contributed by atoms with Gasteiger partial charge in [0.1, 0.15) is 0 Å². The molecule has 0 aliphatic heterocycles. The maximum atomic E-state index is 13.3. The molecule has 27 heavy (non-hydrogen) atoms. The second-order valence-corrected chi connectivity index (χ2v) is 8.75. The summed E-state index contributed by atoms with van der Waals surface area (Å²) in [6.45, 7) is 10.3. The van der Waals surface area contributed by atoms with Gasteiger partial charge in [0.05, 0.1) is 18.6 Å². The highest BCUT2D eigenvalue weighted by Gasteiger charge is 2.26. The molecule has 0 bridgehead atoms. The molecule has 0 spiro atoms. The molecule has 0 aromatic heterocycles. The van der Waals surface area contributed by atoms with E-state index in [4.69, 9.17) is 9.47 Å². The van der Waals surface area contributed by atoms with Gasteiger partial charge < -0.3 is 9.47 Å². The third kappa shape index (κ3) is 4.28. The van der Waals surface area contributed by atoms with E-state index >= 15 is 0 Å². The molecule has 0 unspecified atom stereocenters. The van der Waals surface area contributed by atoms with Crippen LogP contribution in [0.25, 0.3) is 0 Å². The number of methoxy groups -OCH3 is 1. The summed E-state index contributed by atoms with van der Waals surface area (Å²) in [4.78, 5) is 0.403. The van der Waals surface area contributed by atoms with Crippen LogP contribution in [0, 0.1) is 27.7 Å². The van der Waals surface area contributed by atoms with Crippen molar-refractivity contribution in [2.24, 2.45) is 0 Å². The van der Waals surface area contributed by atoms with Crippen molar-refractivity contribution in [3.05, 3.63) is 52.1 Å². The fourth-order valence-electron chi connectivity index (χ4n) is 3.15. The molecule has 0 radical (unpaired) electrons. The third-order valence-corrected chi connectivity index (χ3v) is 6.98. The summed E-state index contributed by atoms with van der Waals surface area (Å²) in [5.74, 6) is 1.24. The van der Waals surface area contributed by atoms with Crippen molar-refractivity contribution < 1.29 is 17.9 Å². The molecule has 6 heteroatoms. The SMILES string of the molecule is CCOc1ccc(CN(C)S(=O)(=O)c2c(C)c(C)cc(C)c2C)cc1OC. The predicted molar refractivity (Wildman–Crippen MR) is 108 cm³/mol. The van der Waals surface area contributed by atoms with Gasteiger partial charge in [0, 0.05) is 13.6 Å². The topological polar surface area (TPSA) is 55.8 Å². The fourth-order valence-corrected chi connectivity index (χ4v) is 4.88. The Balaban J connectivity index is 2.40. The van der Waals surface area contributed by atoms with Gasteiger partial charge in [-0.1, -0.05) is 12.1 Å². The summed E-state index contributed by atoms with van der Waals surface area (Å²) < 4.78 is 38.8. The number of nitrogens with zero attached hydrogens (tertiary/aromatic N) is 1. The largest absolute Gasteiger partial charge is 0.493 e. The lowest BCUT2D eigenvalue weighted by atomic mass is 10.0. The van der Waals surface area contributed by atoms with Crippen LogP contribution in [0.2, 0.25) is 0 Å². The monoisotopic (exact) mass is 391 g/mol. The van der Waals surface area contributed by atoms with Crippen molar-refractivity contribution in [2.75, 3.05) is 20.8 Å². The highest BCUT2D eigenvalue weighted by molar-refractivity contribution is 7.89. The number of hydrogen-bond donors (Lipinski definition) is 0. The van der Waals surface area contributed by atoms with Crippen LogP contribution in [0.3, 0.4) is 0 Å². The molecule has 0 aliphatic carbocycles. The van der Waals surface area contributed by atoms with E-state index in [0.717, 1.165) is 27.8 Å². The third-order valence-electron chi connectivity index (χ3n) is 4.90. The van der Waals surface area contributed by atoms with Gasteiger partial charge in [0.15, 0.2) is 11.5 Å². The first kappa shape index (κ1) is 21.3. The van der Waals surface area contributed by atoms with Crippen LogP contribution in [0.4, 0.5) is 0 Å². The Labute approximate surface area is 163 Å². The van der Waals surface area contributed by atoms with Crippen LogP contribution >= 0.6 is 0 Å². The quantitative estimate of drug-likeness (QED) is 0.711. The summed E-state index contributed by atoms with van der Waals surface area (Å²) in [6.07, 6.45) is 0. The first-order valence-electron chi connectivity index (χ1n) is 8.96. The summed E-state index contributed by atoms with van der Waals surface area (Å²) in [7, 11) is -0.442. The molecule has 2 aromatic carbocycles. The van der Waals surface area contributed by atoms with Crippen LogP contribution in [-0.4, -0.2) is 33.5 Å². The molecule has 0 saturated heterocycles. The highest BCUT2D eigenvalue weighted by Crippen LogP contribution is 2.31. The molecule has 0 atom stereocenters. The Hall–Kier alpha value is -2.05. The number of hydrogen-bond acceptors (Lipinski definition) is 4. The van der Waals surface area contributed by atoms with Crippen molar-refractivity contribution in [1.82, 2.24) is 4.31 Å². The number of sulfonamides is 1. The van der Waals surface area contributed by atoms with Crippen LogP contribution < -0.4 is 9.47 Å².